The largest absolute Gasteiger partial charge is 0.513 e. The Labute approximate surface area is 220 Å². The molecule has 1 amide bonds. The number of carbonyl (C=O) groups excluding carboxylic acids is 2. The highest BCUT2D eigenvalue weighted by Crippen LogP contribution is 2.28. The molecule has 0 unspecified atom stereocenters. The van der Waals surface area contributed by atoms with E-state index in [2.05, 4.69) is 15.3 Å². The molecule has 3 rings (SSSR count). The van der Waals surface area contributed by atoms with Gasteiger partial charge in [0, 0.05) is 0 Å². The average Bonchev–Trinajstić information content (AvgIpc) is 2.92. The summed E-state index contributed by atoms with van der Waals surface area (Å²) in [6.45, 7) is 1.35. The van der Waals surface area contributed by atoms with E-state index in [-0.39, 0.29) is 16.4 Å². The molecule has 3 aromatic rings. The third-order valence-electron chi connectivity index (χ3n) is 5.21. The highest BCUT2D eigenvalue weighted by Gasteiger charge is 2.27. The molecule has 0 aliphatic carbocycles. The first-order valence-electron chi connectivity index (χ1n) is 11.2. The highest BCUT2D eigenvalue weighted by atomic mass is 32.2. The lowest BCUT2D eigenvalue weighted by atomic mass is 10.2. The van der Waals surface area contributed by atoms with Gasteiger partial charge in [0.15, 0.2) is 11.5 Å². The van der Waals surface area contributed by atoms with Crippen LogP contribution in [0.4, 0.5) is 10.5 Å². The number of hydrazone groups is 1. The molecule has 0 atom stereocenters. The number of aryl methyl sites for hydroxylation is 1. The molecule has 0 saturated heterocycles. The molecule has 0 fully saturated rings. The Kier molecular flexibility index (Phi) is 9.28. The standard InChI is InChI=1S/C26H27N3O8S/c1-18-5-8-20(9-6-18)29(38(32,33)22-12-10-21(34-2)11-13-22)17-25(30)28-27-16-19-7-14-23(24(15-19)35-3)37-26(31)36-4/h5-16H,17H2,1-4H3,(H,28,30)/b27-16-. The SMILES string of the molecule is COC(=O)Oc1ccc(/C=N\NC(=O)CN(c2ccc(C)cc2)S(=O)(=O)c2ccc(OC)cc2)cc1OC. The first-order chi connectivity index (χ1) is 18.2. The lowest BCUT2D eigenvalue weighted by Crippen LogP contribution is -2.39. The van der Waals surface area contributed by atoms with E-state index in [4.69, 9.17) is 14.2 Å². The molecule has 0 aliphatic rings. The van der Waals surface area contributed by atoms with Gasteiger partial charge in [-0.05, 0) is 67.1 Å². The molecule has 11 nitrogen and oxygen atoms in total. The van der Waals surface area contributed by atoms with E-state index < -0.39 is 28.6 Å². The van der Waals surface area contributed by atoms with Crippen molar-refractivity contribution in [3.05, 3.63) is 77.9 Å². The second-order valence-electron chi connectivity index (χ2n) is 7.78. The van der Waals surface area contributed by atoms with Crippen LogP contribution in [-0.4, -0.2) is 54.6 Å². The average molecular weight is 542 g/mol. The minimum Gasteiger partial charge on any atom is -0.497 e. The molecular formula is C26H27N3O8S. The number of methoxy groups -OCH3 is 3. The number of hydrogen-bond donors (Lipinski definition) is 1. The van der Waals surface area contributed by atoms with Crippen LogP contribution >= 0.6 is 0 Å². The Balaban J connectivity index is 1.78. The normalized spacial score (nSPS) is 11.1. The third kappa shape index (κ3) is 7.01. The second kappa shape index (κ2) is 12.6. The van der Waals surface area contributed by atoms with Crippen molar-refractivity contribution in [3.8, 4) is 17.2 Å². The van der Waals surface area contributed by atoms with Crippen LogP contribution in [0.2, 0.25) is 0 Å². The summed E-state index contributed by atoms with van der Waals surface area (Å²) in [5.41, 5.74) is 4.10. The van der Waals surface area contributed by atoms with Gasteiger partial charge in [0.05, 0.1) is 38.1 Å². The van der Waals surface area contributed by atoms with Crippen LogP contribution in [0.3, 0.4) is 0 Å². The molecule has 200 valence electrons. The first kappa shape index (κ1) is 28.0. The zero-order chi connectivity index (χ0) is 27.7. The second-order valence-corrected chi connectivity index (χ2v) is 9.64. The van der Waals surface area contributed by atoms with Crippen LogP contribution < -0.4 is 23.9 Å². The summed E-state index contributed by atoms with van der Waals surface area (Å²) in [6, 6.07) is 17.2. The Morgan fingerprint density at radius 3 is 2.21 bits per heavy atom. The van der Waals surface area contributed by atoms with Crippen molar-refractivity contribution in [2.24, 2.45) is 5.10 Å². The number of benzene rings is 3. The van der Waals surface area contributed by atoms with E-state index in [0.29, 0.717) is 17.0 Å². The number of anilines is 1. The molecule has 1 N–H and O–H groups in total. The summed E-state index contributed by atoms with van der Waals surface area (Å²) in [5.74, 6) is 0.204. The fourth-order valence-corrected chi connectivity index (χ4v) is 4.65. The number of nitrogens with one attached hydrogen (secondary N) is 1. The number of nitrogens with zero attached hydrogens (tertiary/aromatic N) is 2. The minimum atomic E-state index is -4.09. The van der Waals surface area contributed by atoms with Crippen LogP contribution in [0.5, 0.6) is 17.2 Å². The number of carbonyl (C=O) groups is 2. The quantitative estimate of drug-likeness (QED) is 0.178. The molecular weight excluding hydrogens is 514 g/mol. The van der Waals surface area contributed by atoms with E-state index in [1.807, 2.05) is 6.92 Å². The van der Waals surface area contributed by atoms with Crippen molar-refractivity contribution in [2.45, 2.75) is 11.8 Å². The van der Waals surface area contributed by atoms with Gasteiger partial charge in [-0.15, -0.1) is 0 Å². The van der Waals surface area contributed by atoms with Gasteiger partial charge in [-0.25, -0.2) is 18.6 Å². The van der Waals surface area contributed by atoms with Crippen LogP contribution in [0.15, 0.2) is 76.7 Å². The Morgan fingerprint density at radius 1 is 0.921 bits per heavy atom. The van der Waals surface area contributed by atoms with E-state index in [0.717, 1.165) is 9.87 Å². The fourth-order valence-electron chi connectivity index (χ4n) is 3.23. The molecule has 0 heterocycles. The van der Waals surface area contributed by atoms with Gasteiger partial charge in [-0.1, -0.05) is 17.7 Å². The molecule has 38 heavy (non-hydrogen) atoms. The predicted molar refractivity (Wildman–Crippen MR) is 140 cm³/mol. The first-order valence-corrected chi connectivity index (χ1v) is 12.6. The number of amides is 1. The minimum absolute atomic E-state index is 0.00321. The lowest BCUT2D eigenvalue weighted by Gasteiger charge is -2.24. The maximum Gasteiger partial charge on any atom is 0.513 e. The summed E-state index contributed by atoms with van der Waals surface area (Å²) in [6.07, 6.45) is 0.427. The highest BCUT2D eigenvalue weighted by molar-refractivity contribution is 7.92. The number of ether oxygens (including phenoxy) is 4. The third-order valence-corrected chi connectivity index (χ3v) is 7.00. The summed E-state index contributed by atoms with van der Waals surface area (Å²) in [5, 5.41) is 3.91. The van der Waals surface area contributed by atoms with Gasteiger partial charge >= 0.3 is 6.16 Å². The van der Waals surface area contributed by atoms with E-state index >= 15 is 0 Å². The van der Waals surface area contributed by atoms with Gasteiger partial charge in [0.1, 0.15) is 12.3 Å². The fraction of sp³-hybridized carbons (Fsp3) is 0.192. The van der Waals surface area contributed by atoms with Crippen molar-refractivity contribution in [2.75, 3.05) is 32.2 Å². The smallest absolute Gasteiger partial charge is 0.497 e. The van der Waals surface area contributed by atoms with Gasteiger partial charge in [0.25, 0.3) is 15.9 Å². The predicted octanol–water partition coefficient (Wildman–Crippen LogP) is 3.50. The van der Waals surface area contributed by atoms with Crippen molar-refractivity contribution >= 4 is 34.0 Å². The van der Waals surface area contributed by atoms with Crippen molar-refractivity contribution in [1.82, 2.24) is 5.43 Å². The van der Waals surface area contributed by atoms with Gasteiger partial charge in [-0.2, -0.15) is 5.10 Å². The van der Waals surface area contributed by atoms with Crippen LogP contribution in [0.25, 0.3) is 0 Å². The number of sulfonamides is 1. The Morgan fingerprint density at radius 2 is 1.61 bits per heavy atom. The van der Waals surface area contributed by atoms with Crippen molar-refractivity contribution < 1.29 is 37.0 Å². The molecule has 12 heteroatoms. The molecule has 3 aromatic carbocycles. The van der Waals surface area contributed by atoms with Gasteiger partial charge in [0.2, 0.25) is 0 Å². The zero-order valence-corrected chi connectivity index (χ0v) is 22.0. The zero-order valence-electron chi connectivity index (χ0n) is 21.2. The van der Waals surface area contributed by atoms with Crippen LogP contribution in [0.1, 0.15) is 11.1 Å². The Hall–Kier alpha value is -4.58. The van der Waals surface area contributed by atoms with Gasteiger partial charge < -0.3 is 18.9 Å². The topological polar surface area (TPSA) is 133 Å². The monoisotopic (exact) mass is 541 g/mol. The summed E-state index contributed by atoms with van der Waals surface area (Å²) in [4.78, 5) is 24.1. The number of rotatable bonds is 10. The Bertz CT molecular complexity index is 1410. The molecule has 0 bridgehead atoms. The molecule has 0 aromatic heterocycles. The van der Waals surface area contributed by atoms with E-state index in [9.17, 15) is 18.0 Å². The molecule has 0 spiro atoms. The molecule has 0 radical (unpaired) electrons. The van der Waals surface area contributed by atoms with Crippen molar-refractivity contribution in [3.63, 3.8) is 0 Å². The summed E-state index contributed by atoms with van der Waals surface area (Å²) >= 11 is 0. The molecule has 0 aliphatic heterocycles. The maximum atomic E-state index is 13.5. The van der Waals surface area contributed by atoms with E-state index in [1.54, 1.807) is 30.3 Å². The van der Waals surface area contributed by atoms with E-state index in [1.165, 1.54) is 63.9 Å². The lowest BCUT2D eigenvalue weighted by molar-refractivity contribution is -0.119. The van der Waals surface area contributed by atoms with Crippen LogP contribution in [-0.2, 0) is 19.6 Å². The number of hydrogen-bond acceptors (Lipinski definition) is 9. The van der Waals surface area contributed by atoms with Gasteiger partial charge in [-0.3, -0.25) is 9.10 Å². The molecule has 0 saturated carbocycles. The van der Waals surface area contributed by atoms with Crippen molar-refractivity contribution in [1.29, 1.82) is 0 Å². The summed E-state index contributed by atoms with van der Waals surface area (Å²) in [7, 11) is -0.0384. The maximum absolute atomic E-state index is 13.5. The summed E-state index contributed by atoms with van der Waals surface area (Å²) < 4.78 is 47.7. The van der Waals surface area contributed by atoms with Crippen LogP contribution in [0, 0.1) is 6.92 Å².